The van der Waals surface area contributed by atoms with Crippen LogP contribution in [0.2, 0.25) is 0 Å². The van der Waals surface area contributed by atoms with E-state index in [9.17, 15) is 13.2 Å². The first-order valence-electron chi connectivity index (χ1n) is 3.53. The third-order valence-corrected chi connectivity index (χ3v) is 1.73. The van der Waals surface area contributed by atoms with Crippen LogP contribution in [0.1, 0.15) is 5.56 Å². The van der Waals surface area contributed by atoms with Crippen molar-refractivity contribution in [3.05, 3.63) is 36.3 Å². The van der Waals surface area contributed by atoms with Gasteiger partial charge in [0.2, 0.25) is 0 Å². The first-order chi connectivity index (χ1) is 6.07. The standard InChI is InChI=1S/C9H4F3O/c10-9(11,12)8-2-1-6-4-13-5-7(6)3-8/h1-3,5H. The van der Waals surface area contributed by atoms with E-state index in [1.807, 2.05) is 0 Å². The number of rotatable bonds is 0. The van der Waals surface area contributed by atoms with Crippen molar-refractivity contribution in [2.45, 2.75) is 6.18 Å². The third-order valence-electron chi connectivity index (χ3n) is 1.73. The molecule has 0 aliphatic carbocycles. The Morgan fingerprint density at radius 3 is 2.69 bits per heavy atom. The van der Waals surface area contributed by atoms with E-state index in [0.717, 1.165) is 12.1 Å². The predicted octanol–water partition coefficient (Wildman–Crippen LogP) is 3.25. The molecule has 1 heterocycles. The number of hydrogen-bond donors (Lipinski definition) is 0. The Kier molecular flexibility index (Phi) is 1.58. The average Bonchev–Trinajstić information content (AvgIpc) is 2.47. The summed E-state index contributed by atoms with van der Waals surface area (Å²) < 4.78 is 41.2. The Hall–Kier alpha value is -1.45. The van der Waals surface area contributed by atoms with Gasteiger partial charge in [-0.25, -0.2) is 0 Å². The zero-order valence-electron chi connectivity index (χ0n) is 6.35. The van der Waals surface area contributed by atoms with Crippen molar-refractivity contribution >= 4 is 10.8 Å². The maximum absolute atomic E-state index is 12.2. The van der Waals surface area contributed by atoms with Crippen molar-refractivity contribution in [1.29, 1.82) is 0 Å². The minimum Gasteiger partial charge on any atom is -0.460 e. The van der Waals surface area contributed by atoms with Crippen LogP contribution in [0.4, 0.5) is 13.2 Å². The summed E-state index contributed by atoms with van der Waals surface area (Å²) in [6.45, 7) is 0. The second kappa shape index (κ2) is 2.52. The first kappa shape index (κ1) is 8.16. The molecule has 0 fully saturated rings. The highest BCUT2D eigenvalue weighted by Gasteiger charge is 2.30. The molecule has 0 N–H and O–H groups in total. The molecule has 0 aliphatic heterocycles. The van der Waals surface area contributed by atoms with Crippen LogP contribution < -0.4 is 0 Å². The van der Waals surface area contributed by atoms with Crippen LogP contribution in [-0.2, 0) is 6.18 Å². The van der Waals surface area contributed by atoms with Crippen molar-refractivity contribution < 1.29 is 17.6 Å². The van der Waals surface area contributed by atoms with Gasteiger partial charge in [-0.1, -0.05) is 0 Å². The normalized spacial score (nSPS) is 12.2. The topological polar surface area (TPSA) is 13.1 Å². The molecule has 0 spiro atoms. The Morgan fingerprint density at radius 1 is 1.23 bits per heavy atom. The number of furan rings is 1. The summed E-state index contributed by atoms with van der Waals surface area (Å²) in [5.74, 6) is 0. The Balaban J connectivity index is 2.61. The molecule has 1 nitrogen and oxygen atoms in total. The summed E-state index contributed by atoms with van der Waals surface area (Å²) in [4.78, 5) is 0. The van der Waals surface area contributed by atoms with Gasteiger partial charge < -0.3 is 4.42 Å². The van der Waals surface area contributed by atoms with Gasteiger partial charge in [0.15, 0.2) is 6.26 Å². The summed E-state index contributed by atoms with van der Waals surface area (Å²) in [5, 5.41) is 0.961. The van der Waals surface area contributed by atoms with E-state index >= 15 is 0 Å². The summed E-state index contributed by atoms with van der Waals surface area (Å²) in [6, 6.07) is 3.38. The molecule has 2 rings (SSSR count). The molecular formula is C9H4F3O. The lowest BCUT2D eigenvalue weighted by Crippen LogP contribution is -2.03. The molecule has 0 bridgehead atoms. The second-order valence-electron chi connectivity index (χ2n) is 2.64. The second-order valence-corrected chi connectivity index (χ2v) is 2.64. The minimum absolute atomic E-state index is 0.412. The summed E-state index contributed by atoms with van der Waals surface area (Å²) >= 11 is 0. The van der Waals surface area contributed by atoms with Gasteiger partial charge in [-0.2, -0.15) is 13.2 Å². The highest BCUT2D eigenvalue weighted by Crippen LogP contribution is 2.31. The molecule has 2 aromatic rings. The van der Waals surface area contributed by atoms with Gasteiger partial charge in [0.1, 0.15) is 0 Å². The number of halogens is 3. The molecule has 0 atom stereocenters. The quantitative estimate of drug-likeness (QED) is 0.614. The maximum atomic E-state index is 12.2. The SMILES string of the molecule is FC(F)(F)c1ccc2[c]occ2c1. The fraction of sp³-hybridized carbons (Fsp3) is 0.111. The van der Waals surface area contributed by atoms with Crippen molar-refractivity contribution in [3.63, 3.8) is 0 Å². The summed E-state index contributed by atoms with van der Waals surface area (Å²) in [7, 11) is 0. The lowest BCUT2D eigenvalue weighted by molar-refractivity contribution is -0.137. The first-order valence-corrected chi connectivity index (χ1v) is 3.53. The molecule has 4 heteroatoms. The molecular weight excluding hydrogens is 181 g/mol. The van der Waals surface area contributed by atoms with Crippen LogP contribution in [0.25, 0.3) is 10.8 Å². The largest absolute Gasteiger partial charge is 0.460 e. The molecule has 0 amide bonds. The smallest absolute Gasteiger partial charge is 0.416 e. The van der Waals surface area contributed by atoms with E-state index in [1.165, 1.54) is 12.3 Å². The van der Waals surface area contributed by atoms with Gasteiger partial charge in [-0.15, -0.1) is 0 Å². The Bertz CT molecular complexity index is 428. The highest BCUT2D eigenvalue weighted by molar-refractivity contribution is 5.81. The van der Waals surface area contributed by atoms with Crippen LogP contribution in [0, 0.1) is 6.26 Å². The molecule has 67 valence electrons. The van der Waals surface area contributed by atoms with Crippen molar-refractivity contribution in [1.82, 2.24) is 0 Å². The van der Waals surface area contributed by atoms with E-state index in [-0.39, 0.29) is 0 Å². The fourth-order valence-electron chi connectivity index (χ4n) is 1.09. The molecule has 0 saturated carbocycles. The predicted molar refractivity (Wildman–Crippen MR) is 40.1 cm³/mol. The molecule has 1 aromatic carbocycles. The number of benzene rings is 1. The Morgan fingerprint density at radius 2 is 2.00 bits per heavy atom. The Labute approximate surface area is 71.8 Å². The van der Waals surface area contributed by atoms with Gasteiger partial charge >= 0.3 is 6.18 Å². The van der Waals surface area contributed by atoms with E-state index in [2.05, 4.69) is 10.7 Å². The van der Waals surface area contributed by atoms with Gasteiger partial charge in [0.25, 0.3) is 0 Å². The zero-order chi connectivity index (χ0) is 9.47. The fourth-order valence-corrected chi connectivity index (χ4v) is 1.09. The van der Waals surface area contributed by atoms with Crippen LogP contribution in [0.3, 0.4) is 0 Å². The van der Waals surface area contributed by atoms with Crippen LogP contribution in [0.15, 0.2) is 28.9 Å². The van der Waals surface area contributed by atoms with Gasteiger partial charge in [-0.3, -0.25) is 0 Å². The monoisotopic (exact) mass is 185 g/mol. The van der Waals surface area contributed by atoms with E-state index < -0.39 is 11.7 Å². The minimum atomic E-state index is -4.30. The highest BCUT2D eigenvalue weighted by atomic mass is 19.4. The lowest BCUT2D eigenvalue weighted by Gasteiger charge is -2.04. The summed E-state index contributed by atoms with van der Waals surface area (Å²) in [6.07, 6.45) is -0.604. The van der Waals surface area contributed by atoms with E-state index in [1.54, 1.807) is 0 Å². The van der Waals surface area contributed by atoms with E-state index in [0.29, 0.717) is 10.8 Å². The third kappa shape index (κ3) is 1.39. The van der Waals surface area contributed by atoms with Crippen molar-refractivity contribution in [2.24, 2.45) is 0 Å². The van der Waals surface area contributed by atoms with Crippen molar-refractivity contribution in [2.75, 3.05) is 0 Å². The number of fused-ring (bicyclic) bond motifs is 1. The van der Waals surface area contributed by atoms with Crippen LogP contribution in [-0.4, -0.2) is 0 Å². The van der Waals surface area contributed by atoms with Crippen LogP contribution >= 0.6 is 0 Å². The molecule has 13 heavy (non-hydrogen) atoms. The number of hydrogen-bond acceptors (Lipinski definition) is 1. The van der Waals surface area contributed by atoms with E-state index in [4.69, 9.17) is 0 Å². The number of alkyl halides is 3. The summed E-state index contributed by atoms with van der Waals surface area (Å²) in [5.41, 5.74) is -0.671. The van der Waals surface area contributed by atoms with Gasteiger partial charge in [0, 0.05) is 10.8 Å². The van der Waals surface area contributed by atoms with Crippen LogP contribution in [0.5, 0.6) is 0 Å². The zero-order valence-corrected chi connectivity index (χ0v) is 6.35. The molecule has 1 radical (unpaired) electrons. The lowest BCUT2D eigenvalue weighted by atomic mass is 10.1. The average molecular weight is 185 g/mol. The molecule has 0 unspecified atom stereocenters. The molecule has 0 saturated heterocycles. The van der Waals surface area contributed by atoms with Gasteiger partial charge in [0.05, 0.1) is 11.8 Å². The maximum Gasteiger partial charge on any atom is 0.416 e. The molecule has 1 aromatic heterocycles. The van der Waals surface area contributed by atoms with Crippen molar-refractivity contribution in [3.8, 4) is 0 Å². The molecule has 0 aliphatic rings. The van der Waals surface area contributed by atoms with Gasteiger partial charge in [-0.05, 0) is 18.2 Å².